The Morgan fingerprint density at radius 1 is 1.06 bits per heavy atom. The Bertz CT molecular complexity index is 1170. The number of rotatable bonds is 8. The molecular weight excluding hydrogens is 450 g/mol. The molecule has 1 aliphatic rings. The van der Waals surface area contributed by atoms with E-state index in [1.165, 1.54) is 25.1 Å². The van der Waals surface area contributed by atoms with Crippen LogP contribution in [0.15, 0.2) is 53.7 Å². The number of ether oxygens (including phenoxy) is 1. The van der Waals surface area contributed by atoms with Crippen LogP contribution in [0, 0.1) is 0 Å². The summed E-state index contributed by atoms with van der Waals surface area (Å²) in [6, 6.07) is 14.7. The first-order valence-corrected chi connectivity index (χ1v) is 12.3. The zero-order chi connectivity index (χ0) is 24.1. The van der Waals surface area contributed by atoms with Gasteiger partial charge in [0.25, 0.3) is 0 Å². The Labute approximate surface area is 203 Å². The summed E-state index contributed by atoms with van der Waals surface area (Å²) in [5, 5.41) is 12.0. The molecule has 0 bridgehead atoms. The number of nitrogens with zero attached hydrogens (tertiary/aromatic N) is 4. The monoisotopic (exact) mass is 479 g/mol. The van der Waals surface area contributed by atoms with Gasteiger partial charge in [0.05, 0.1) is 18.0 Å². The predicted molar refractivity (Wildman–Crippen MR) is 134 cm³/mol. The second kappa shape index (κ2) is 10.7. The van der Waals surface area contributed by atoms with Gasteiger partial charge in [0.2, 0.25) is 11.9 Å². The Hall–Kier alpha value is -3.33. The van der Waals surface area contributed by atoms with Gasteiger partial charge in [-0.05, 0) is 57.4 Å². The van der Waals surface area contributed by atoms with Crippen LogP contribution in [0.3, 0.4) is 0 Å². The molecule has 1 atom stereocenters. The van der Waals surface area contributed by atoms with Gasteiger partial charge in [-0.25, -0.2) is 0 Å². The van der Waals surface area contributed by atoms with Crippen molar-refractivity contribution in [1.82, 2.24) is 14.8 Å². The van der Waals surface area contributed by atoms with Crippen molar-refractivity contribution in [3.8, 4) is 11.4 Å². The Morgan fingerprint density at radius 2 is 1.82 bits per heavy atom. The number of piperidine rings is 1. The van der Waals surface area contributed by atoms with Crippen molar-refractivity contribution in [3.63, 3.8) is 0 Å². The van der Waals surface area contributed by atoms with E-state index in [-0.39, 0.29) is 11.7 Å². The molecule has 1 aliphatic heterocycles. The molecule has 0 radical (unpaired) electrons. The summed E-state index contributed by atoms with van der Waals surface area (Å²) >= 11 is 1.34. The van der Waals surface area contributed by atoms with Crippen LogP contribution in [0.25, 0.3) is 5.69 Å². The Balaban J connectivity index is 1.61. The van der Waals surface area contributed by atoms with Crippen molar-refractivity contribution >= 4 is 35.1 Å². The zero-order valence-corrected chi connectivity index (χ0v) is 20.5. The molecule has 0 spiro atoms. The third-order valence-corrected chi connectivity index (χ3v) is 6.81. The van der Waals surface area contributed by atoms with Crippen LogP contribution in [0.2, 0.25) is 0 Å². The molecule has 0 unspecified atom stereocenters. The van der Waals surface area contributed by atoms with E-state index in [1.807, 2.05) is 35.8 Å². The normalized spacial score (nSPS) is 14.5. The number of aromatic nitrogens is 3. The lowest BCUT2D eigenvalue weighted by Crippen LogP contribution is -2.32. The van der Waals surface area contributed by atoms with Crippen molar-refractivity contribution in [3.05, 3.63) is 54.1 Å². The van der Waals surface area contributed by atoms with E-state index in [9.17, 15) is 9.59 Å². The lowest BCUT2D eigenvalue weighted by molar-refractivity contribution is -0.115. The maximum absolute atomic E-state index is 13.0. The summed E-state index contributed by atoms with van der Waals surface area (Å²) in [6.45, 7) is 5.17. The molecule has 1 fully saturated rings. The van der Waals surface area contributed by atoms with Crippen LogP contribution < -0.4 is 15.0 Å². The number of Topliss-reactive ketones (excluding diaryl/α,β-unsaturated/α-hetero) is 1. The fraction of sp³-hybridized carbons (Fsp3) is 0.360. The van der Waals surface area contributed by atoms with E-state index in [2.05, 4.69) is 20.4 Å². The molecule has 4 rings (SSSR count). The Kier molecular flexibility index (Phi) is 7.52. The summed E-state index contributed by atoms with van der Waals surface area (Å²) in [5.74, 6) is 1.24. The minimum Gasteiger partial charge on any atom is -0.495 e. The first-order valence-electron chi connectivity index (χ1n) is 11.4. The van der Waals surface area contributed by atoms with Gasteiger partial charge in [0, 0.05) is 24.3 Å². The maximum atomic E-state index is 13.0. The molecule has 34 heavy (non-hydrogen) atoms. The van der Waals surface area contributed by atoms with E-state index in [0.717, 1.165) is 37.6 Å². The highest BCUT2D eigenvalue weighted by Crippen LogP contribution is 2.34. The number of carbonyl (C=O) groups excluding carboxylic acids is 2. The predicted octanol–water partition coefficient (Wildman–Crippen LogP) is 4.59. The van der Waals surface area contributed by atoms with Crippen LogP contribution in [-0.2, 0) is 4.79 Å². The smallest absolute Gasteiger partial charge is 0.237 e. The van der Waals surface area contributed by atoms with Crippen molar-refractivity contribution in [1.29, 1.82) is 0 Å². The Morgan fingerprint density at radius 3 is 2.56 bits per heavy atom. The zero-order valence-electron chi connectivity index (χ0n) is 19.7. The van der Waals surface area contributed by atoms with Crippen molar-refractivity contribution < 1.29 is 14.3 Å². The van der Waals surface area contributed by atoms with Crippen molar-refractivity contribution in [2.45, 2.75) is 43.5 Å². The van der Waals surface area contributed by atoms with Crippen molar-refractivity contribution in [2.24, 2.45) is 0 Å². The van der Waals surface area contributed by atoms with Gasteiger partial charge in [-0.15, -0.1) is 10.2 Å². The number of thioether (sulfide) groups is 1. The van der Waals surface area contributed by atoms with Crippen LogP contribution in [0.4, 0.5) is 11.6 Å². The van der Waals surface area contributed by atoms with Crippen LogP contribution >= 0.6 is 11.8 Å². The second-order valence-corrected chi connectivity index (χ2v) is 9.53. The fourth-order valence-corrected chi connectivity index (χ4v) is 4.79. The van der Waals surface area contributed by atoms with E-state index in [0.29, 0.717) is 22.2 Å². The van der Waals surface area contributed by atoms with Gasteiger partial charge in [-0.3, -0.25) is 14.2 Å². The first-order chi connectivity index (χ1) is 16.5. The highest BCUT2D eigenvalue weighted by molar-refractivity contribution is 8.00. The minimum absolute atomic E-state index is 0.0475. The van der Waals surface area contributed by atoms with Gasteiger partial charge in [-0.1, -0.05) is 36.0 Å². The quantitative estimate of drug-likeness (QED) is 0.373. The molecule has 2 aromatic carbocycles. The third kappa shape index (κ3) is 5.25. The molecule has 2 heterocycles. The van der Waals surface area contributed by atoms with E-state index < -0.39 is 5.25 Å². The number of benzene rings is 2. The van der Waals surface area contributed by atoms with Crippen LogP contribution in [-0.4, -0.2) is 51.9 Å². The van der Waals surface area contributed by atoms with E-state index in [1.54, 1.807) is 31.4 Å². The topological polar surface area (TPSA) is 89.3 Å². The number of hydrogen-bond donors (Lipinski definition) is 1. The van der Waals surface area contributed by atoms with Gasteiger partial charge >= 0.3 is 0 Å². The number of para-hydroxylation sites is 2. The summed E-state index contributed by atoms with van der Waals surface area (Å²) in [5.41, 5.74) is 1.98. The standard InChI is InChI=1S/C25H29N5O3S/c1-17(31)19-10-9-11-20(16-19)26-23(32)18(2)34-25-28-27-24(29-14-7-4-8-15-29)30(25)21-12-5-6-13-22(21)33-3/h5-6,9-13,16,18H,4,7-8,14-15H2,1-3H3,(H,26,32)/t18-/m0/s1. The number of ketones is 1. The number of carbonyl (C=O) groups is 2. The van der Waals surface area contributed by atoms with Gasteiger partial charge < -0.3 is 15.0 Å². The first kappa shape index (κ1) is 23.8. The van der Waals surface area contributed by atoms with Gasteiger partial charge in [0.15, 0.2) is 10.9 Å². The average molecular weight is 480 g/mol. The summed E-state index contributed by atoms with van der Waals surface area (Å²) < 4.78 is 7.60. The highest BCUT2D eigenvalue weighted by atomic mass is 32.2. The second-order valence-electron chi connectivity index (χ2n) is 8.22. The lowest BCUT2D eigenvalue weighted by atomic mass is 10.1. The summed E-state index contributed by atoms with van der Waals surface area (Å²) in [4.78, 5) is 26.9. The summed E-state index contributed by atoms with van der Waals surface area (Å²) in [6.07, 6.45) is 3.43. The number of methoxy groups -OCH3 is 1. The molecule has 1 aromatic heterocycles. The molecule has 1 amide bonds. The highest BCUT2D eigenvalue weighted by Gasteiger charge is 2.26. The molecule has 178 valence electrons. The molecule has 1 saturated heterocycles. The number of hydrogen-bond acceptors (Lipinski definition) is 7. The number of amides is 1. The van der Waals surface area contributed by atoms with Crippen LogP contribution in [0.5, 0.6) is 5.75 Å². The molecule has 8 nitrogen and oxygen atoms in total. The third-order valence-electron chi connectivity index (χ3n) is 5.77. The SMILES string of the molecule is COc1ccccc1-n1c(S[C@@H](C)C(=O)Nc2cccc(C(C)=O)c2)nnc1N1CCCCC1. The average Bonchev–Trinajstić information content (AvgIpc) is 3.27. The van der Waals surface area contributed by atoms with Gasteiger partial charge in [-0.2, -0.15) is 0 Å². The number of anilines is 2. The maximum Gasteiger partial charge on any atom is 0.237 e. The molecule has 1 N–H and O–H groups in total. The summed E-state index contributed by atoms with van der Waals surface area (Å²) in [7, 11) is 1.64. The van der Waals surface area contributed by atoms with Crippen molar-refractivity contribution in [2.75, 3.05) is 30.4 Å². The van der Waals surface area contributed by atoms with E-state index in [4.69, 9.17) is 4.74 Å². The van der Waals surface area contributed by atoms with E-state index >= 15 is 0 Å². The molecule has 3 aromatic rings. The molecule has 0 saturated carbocycles. The lowest BCUT2D eigenvalue weighted by Gasteiger charge is -2.28. The molecule has 9 heteroatoms. The largest absolute Gasteiger partial charge is 0.495 e. The molecular formula is C25H29N5O3S. The van der Waals surface area contributed by atoms with Crippen LogP contribution in [0.1, 0.15) is 43.5 Å². The van der Waals surface area contributed by atoms with Gasteiger partial charge in [0.1, 0.15) is 5.75 Å². The molecule has 0 aliphatic carbocycles. The minimum atomic E-state index is -0.451. The fourth-order valence-electron chi connectivity index (χ4n) is 3.93. The number of nitrogens with one attached hydrogen (secondary N) is 1.